The third-order valence-corrected chi connectivity index (χ3v) is 7.60. The molecular formula is C34H50N2O2. The van der Waals surface area contributed by atoms with E-state index in [2.05, 4.69) is 79.7 Å². The summed E-state index contributed by atoms with van der Waals surface area (Å²) in [6, 6.07) is 8.60. The molecule has 208 valence electrons. The zero-order valence-electron chi connectivity index (χ0n) is 25.1. The average Bonchev–Trinajstić information content (AvgIpc) is 2.83. The van der Waals surface area contributed by atoms with E-state index in [1.54, 1.807) is 0 Å². The predicted molar refractivity (Wildman–Crippen MR) is 163 cm³/mol. The van der Waals surface area contributed by atoms with Crippen LogP contribution in [0.5, 0.6) is 11.5 Å². The third kappa shape index (κ3) is 7.48. The van der Waals surface area contributed by atoms with Gasteiger partial charge >= 0.3 is 0 Å². The van der Waals surface area contributed by atoms with Crippen molar-refractivity contribution in [1.82, 2.24) is 0 Å². The van der Waals surface area contributed by atoms with E-state index in [0.717, 1.165) is 73.6 Å². The predicted octanol–water partition coefficient (Wildman–Crippen LogP) is 8.45. The van der Waals surface area contributed by atoms with Crippen LogP contribution in [0, 0.1) is 0 Å². The Bertz CT molecular complexity index is 1060. The zero-order valence-corrected chi connectivity index (χ0v) is 25.1. The van der Waals surface area contributed by atoms with Crippen molar-refractivity contribution in [3.8, 4) is 11.5 Å². The Morgan fingerprint density at radius 1 is 0.684 bits per heavy atom. The fourth-order valence-electron chi connectivity index (χ4n) is 5.44. The van der Waals surface area contributed by atoms with Crippen LogP contribution < -0.4 is 0 Å². The van der Waals surface area contributed by atoms with E-state index in [-0.39, 0.29) is 22.9 Å². The van der Waals surface area contributed by atoms with Crippen molar-refractivity contribution < 1.29 is 10.2 Å². The van der Waals surface area contributed by atoms with Crippen molar-refractivity contribution in [1.29, 1.82) is 0 Å². The van der Waals surface area contributed by atoms with Gasteiger partial charge in [-0.25, -0.2) is 0 Å². The normalized spacial score (nSPS) is 19.1. The highest BCUT2D eigenvalue weighted by Crippen LogP contribution is 2.36. The standard InChI is InChI=1S/C34H50N2O2/c1-9-13-23-17-25(31(37)27(19-23)33(3,4)5)21-35-29-15-11-12-16-30(29)36-22-26-18-24(14-10-2)20-28(32(26)38)34(6,7)8/h17-22,29-30,37-38H,9-16H2,1-8H3. The molecule has 0 bridgehead atoms. The van der Waals surface area contributed by atoms with Crippen LogP contribution in [0.2, 0.25) is 0 Å². The second-order valence-corrected chi connectivity index (χ2v) is 13.1. The molecule has 2 atom stereocenters. The number of hydrogen-bond acceptors (Lipinski definition) is 4. The molecule has 0 aliphatic heterocycles. The lowest BCUT2D eigenvalue weighted by molar-refractivity contribution is 0.390. The minimum Gasteiger partial charge on any atom is -0.507 e. The molecule has 0 aromatic heterocycles. The average molecular weight is 519 g/mol. The van der Waals surface area contributed by atoms with E-state index in [1.807, 2.05) is 12.4 Å². The summed E-state index contributed by atoms with van der Waals surface area (Å²) >= 11 is 0. The smallest absolute Gasteiger partial charge is 0.128 e. The van der Waals surface area contributed by atoms with Crippen molar-refractivity contribution in [2.75, 3.05) is 0 Å². The number of aryl methyl sites for hydroxylation is 2. The quantitative estimate of drug-likeness (QED) is 0.344. The maximum atomic E-state index is 11.1. The second-order valence-electron chi connectivity index (χ2n) is 13.1. The summed E-state index contributed by atoms with van der Waals surface area (Å²) in [5.74, 6) is 0.675. The molecule has 0 heterocycles. The highest BCUT2D eigenvalue weighted by Gasteiger charge is 2.25. The molecule has 1 fully saturated rings. The van der Waals surface area contributed by atoms with Crippen LogP contribution >= 0.6 is 0 Å². The molecule has 2 N–H and O–H groups in total. The van der Waals surface area contributed by atoms with Crippen LogP contribution in [0.4, 0.5) is 0 Å². The molecule has 0 radical (unpaired) electrons. The summed E-state index contributed by atoms with van der Waals surface area (Å²) in [5, 5.41) is 22.2. The second kappa shape index (κ2) is 12.5. The fraction of sp³-hybridized carbons (Fsp3) is 0.588. The van der Waals surface area contributed by atoms with Crippen molar-refractivity contribution in [2.24, 2.45) is 9.98 Å². The Kier molecular flexibility index (Phi) is 9.84. The Morgan fingerprint density at radius 2 is 1.05 bits per heavy atom. The van der Waals surface area contributed by atoms with Gasteiger partial charge in [0, 0.05) is 34.7 Å². The SMILES string of the molecule is CCCc1cc(C=NC2CCCCC2N=Cc2cc(CCC)cc(C(C)(C)C)c2O)c(O)c(C(C)(C)C)c1. The van der Waals surface area contributed by atoms with E-state index in [1.165, 1.54) is 11.1 Å². The number of nitrogens with zero attached hydrogens (tertiary/aromatic N) is 2. The molecule has 38 heavy (non-hydrogen) atoms. The minimum atomic E-state index is -0.145. The maximum Gasteiger partial charge on any atom is 0.128 e. The molecule has 1 aliphatic carbocycles. The van der Waals surface area contributed by atoms with Crippen LogP contribution in [0.25, 0.3) is 0 Å². The van der Waals surface area contributed by atoms with Gasteiger partial charge in [-0.1, -0.05) is 93.2 Å². The summed E-state index contributed by atoms with van der Waals surface area (Å²) in [6.45, 7) is 17.2. The molecule has 1 saturated carbocycles. The van der Waals surface area contributed by atoms with Crippen LogP contribution in [-0.2, 0) is 23.7 Å². The summed E-state index contributed by atoms with van der Waals surface area (Å²) in [6.07, 6.45) is 12.1. The number of hydrogen-bond donors (Lipinski definition) is 2. The molecule has 1 aliphatic rings. The molecule has 2 unspecified atom stereocenters. The fourth-order valence-corrected chi connectivity index (χ4v) is 5.44. The Morgan fingerprint density at radius 3 is 1.37 bits per heavy atom. The number of aliphatic imine (C=N–C) groups is 2. The topological polar surface area (TPSA) is 65.2 Å². The van der Waals surface area contributed by atoms with E-state index in [0.29, 0.717) is 11.5 Å². The summed E-state index contributed by atoms with van der Waals surface area (Å²) in [5.41, 5.74) is 5.74. The van der Waals surface area contributed by atoms with Gasteiger partial charge < -0.3 is 10.2 Å². The van der Waals surface area contributed by atoms with Crippen LogP contribution in [0.3, 0.4) is 0 Å². The highest BCUT2D eigenvalue weighted by atomic mass is 16.3. The third-order valence-electron chi connectivity index (χ3n) is 7.60. The molecule has 4 nitrogen and oxygen atoms in total. The first-order chi connectivity index (χ1) is 17.8. The monoisotopic (exact) mass is 518 g/mol. The van der Waals surface area contributed by atoms with E-state index >= 15 is 0 Å². The summed E-state index contributed by atoms with van der Waals surface area (Å²) in [7, 11) is 0. The first-order valence-electron chi connectivity index (χ1n) is 14.6. The molecule has 0 saturated heterocycles. The van der Waals surface area contributed by atoms with Gasteiger partial charge in [-0.3, -0.25) is 9.98 Å². The van der Waals surface area contributed by atoms with Gasteiger partial charge in [0.25, 0.3) is 0 Å². The molecule has 2 aromatic carbocycles. The van der Waals surface area contributed by atoms with Gasteiger partial charge in [-0.2, -0.15) is 0 Å². The largest absolute Gasteiger partial charge is 0.507 e. The van der Waals surface area contributed by atoms with Crippen molar-refractivity contribution in [3.63, 3.8) is 0 Å². The van der Waals surface area contributed by atoms with Gasteiger partial charge in [0.1, 0.15) is 11.5 Å². The number of aromatic hydroxyl groups is 2. The van der Waals surface area contributed by atoms with Gasteiger partial charge in [0.05, 0.1) is 12.1 Å². The Balaban J connectivity index is 1.93. The Hall–Kier alpha value is -2.62. The van der Waals surface area contributed by atoms with Gasteiger partial charge in [0.15, 0.2) is 0 Å². The lowest BCUT2D eigenvalue weighted by Gasteiger charge is -2.26. The molecular weight excluding hydrogens is 468 g/mol. The molecule has 3 rings (SSSR count). The van der Waals surface area contributed by atoms with E-state index in [9.17, 15) is 10.2 Å². The van der Waals surface area contributed by atoms with Crippen LogP contribution in [-0.4, -0.2) is 34.7 Å². The first-order valence-corrected chi connectivity index (χ1v) is 14.6. The summed E-state index contributed by atoms with van der Waals surface area (Å²) < 4.78 is 0. The number of benzene rings is 2. The van der Waals surface area contributed by atoms with Gasteiger partial charge in [0.2, 0.25) is 0 Å². The van der Waals surface area contributed by atoms with Crippen molar-refractivity contribution in [2.45, 2.75) is 130 Å². The Labute approximate surface area is 231 Å². The van der Waals surface area contributed by atoms with Crippen LogP contribution in [0.15, 0.2) is 34.3 Å². The highest BCUT2D eigenvalue weighted by molar-refractivity contribution is 5.86. The van der Waals surface area contributed by atoms with Crippen LogP contribution in [0.1, 0.15) is 127 Å². The summed E-state index contributed by atoms with van der Waals surface area (Å²) in [4.78, 5) is 9.99. The van der Waals surface area contributed by atoms with Crippen molar-refractivity contribution >= 4 is 12.4 Å². The number of rotatable bonds is 8. The zero-order chi connectivity index (χ0) is 28.1. The van der Waals surface area contributed by atoms with Gasteiger partial charge in [-0.15, -0.1) is 0 Å². The lowest BCUT2D eigenvalue weighted by Crippen LogP contribution is -2.27. The number of phenols is 2. The number of phenolic OH excluding ortho intramolecular Hbond substituents is 2. The van der Waals surface area contributed by atoms with E-state index in [4.69, 9.17) is 9.98 Å². The minimum absolute atomic E-state index is 0.0652. The van der Waals surface area contributed by atoms with E-state index < -0.39 is 0 Å². The van der Waals surface area contributed by atoms with Crippen molar-refractivity contribution in [3.05, 3.63) is 57.6 Å². The lowest BCUT2D eigenvalue weighted by atomic mass is 9.83. The molecule has 2 aromatic rings. The molecule has 0 amide bonds. The maximum absolute atomic E-state index is 11.1. The molecule has 0 spiro atoms. The molecule has 4 heteroatoms. The first kappa shape index (κ1) is 29.9. The van der Waals surface area contributed by atoms with Gasteiger partial charge in [-0.05, 0) is 59.8 Å².